The number of pyridine rings is 1. The van der Waals surface area contributed by atoms with Gasteiger partial charge in [0, 0.05) is 24.7 Å². The number of amides is 1. The maximum Gasteiger partial charge on any atom is 0.272 e. The van der Waals surface area contributed by atoms with Crippen molar-refractivity contribution >= 4 is 17.5 Å². The Kier molecular flexibility index (Phi) is 5.26. The molecule has 1 rings (SSSR count). The van der Waals surface area contributed by atoms with Gasteiger partial charge in [-0.25, -0.2) is 0 Å². The second-order valence-corrected chi connectivity index (χ2v) is 4.23. The highest BCUT2D eigenvalue weighted by molar-refractivity contribution is 6.17. The Morgan fingerprint density at radius 1 is 1.50 bits per heavy atom. The number of aromatic nitrogens is 1. The Bertz CT molecular complexity index is 327. The lowest BCUT2D eigenvalue weighted by atomic mass is 10.2. The molecule has 0 spiro atoms. The fourth-order valence-electron chi connectivity index (χ4n) is 1.46. The van der Waals surface area contributed by atoms with E-state index in [9.17, 15) is 4.79 Å². The summed E-state index contributed by atoms with van der Waals surface area (Å²) in [7, 11) is 0. The molecule has 0 atom stereocenters. The van der Waals surface area contributed by atoms with E-state index in [-0.39, 0.29) is 11.9 Å². The van der Waals surface area contributed by atoms with Gasteiger partial charge < -0.3 is 4.90 Å². The molecule has 1 heterocycles. The van der Waals surface area contributed by atoms with Crippen LogP contribution in [0.15, 0.2) is 24.4 Å². The third-order valence-corrected chi connectivity index (χ3v) is 2.57. The first-order valence-electron chi connectivity index (χ1n) is 5.44. The van der Waals surface area contributed by atoms with Gasteiger partial charge in [0.2, 0.25) is 0 Å². The van der Waals surface area contributed by atoms with Crippen molar-refractivity contribution in [2.24, 2.45) is 0 Å². The first-order chi connectivity index (χ1) is 7.66. The van der Waals surface area contributed by atoms with E-state index >= 15 is 0 Å². The monoisotopic (exact) mass is 240 g/mol. The average molecular weight is 241 g/mol. The molecule has 0 radical (unpaired) electrons. The van der Waals surface area contributed by atoms with Crippen LogP contribution in [0.1, 0.15) is 30.8 Å². The summed E-state index contributed by atoms with van der Waals surface area (Å²) in [6.07, 6.45) is 2.44. The molecule has 16 heavy (non-hydrogen) atoms. The normalized spacial score (nSPS) is 10.5. The summed E-state index contributed by atoms with van der Waals surface area (Å²) in [5, 5.41) is 0. The zero-order valence-corrected chi connectivity index (χ0v) is 10.4. The molecule has 0 bridgehead atoms. The van der Waals surface area contributed by atoms with Crippen molar-refractivity contribution < 1.29 is 4.79 Å². The first kappa shape index (κ1) is 13.0. The SMILES string of the molecule is CC(C)N(CCCCl)C(=O)c1ccccn1. The van der Waals surface area contributed by atoms with Gasteiger partial charge >= 0.3 is 0 Å². The van der Waals surface area contributed by atoms with Gasteiger partial charge in [-0.15, -0.1) is 11.6 Å². The van der Waals surface area contributed by atoms with Gasteiger partial charge in [0.1, 0.15) is 5.69 Å². The predicted molar refractivity (Wildman–Crippen MR) is 65.7 cm³/mol. The molecule has 0 N–H and O–H groups in total. The maximum atomic E-state index is 12.1. The van der Waals surface area contributed by atoms with Crippen LogP contribution in [-0.4, -0.2) is 34.3 Å². The van der Waals surface area contributed by atoms with Crippen molar-refractivity contribution in [3.05, 3.63) is 30.1 Å². The number of hydrogen-bond donors (Lipinski definition) is 0. The highest BCUT2D eigenvalue weighted by atomic mass is 35.5. The largest absolute Gasteiger partial charge is 0.335 e. The van der Waals surface area contributed by atoms with Gasteiger partial charge in [0.05, 0.1) is 0 Å². The van der Waals surface area contributed by atoms with E-state index in [2.05, 4.69) is 4.98 Å². The summed E-state index contributed by atoms with van der Waals surface area (Å²) in [5.41, 5.74) is 0.491. The minimum absolute atomic E-state index is 0.0271. The molecule has 1 aromatic heterocycles. The topological polar surface area (TPSA) is 33.2 Å². The fourth-order valence-corrected chi connectivity index (χ4v) is 1.58. The Labute approximate surface area is 101 Å². The number of rotatable bonds is 5. The van der Waals surface area contributed by atoms with Crippen molar-refractivity contribution in [2.45, 2.75) is 26.3 Å². The molecule has 1 amide bonds. The van der Waals surface area contributed by atoms with Crippen molar-refractivity contribution in [2.75, 3.05) is 12.4 Å². The Hall–Kier alpha value is -1.09. The molecule has 0 saturated carbocycles. The summed E-state index contributed by atoms with van der Waals surface area (Å²) in [6, 6.07) is 5.52. The second kappa shape index (κ2) is 6.48. The summed E-state index contributed by atoms with van der Waals surface area (Å²) in [6.45, 7) is 4.67. The minimum atomic E-state index is -0.0271. The average Bonchev–Trinajstić information content (AvgIpc) is 2.30. The van der Waals surface area contributed by atoms with E-state index in [0.29, 0.717) is 18.1 Å². The number of halogens is 1. The number of carbonyl (C=O) groups is 1. The van der Waals surface area contributed by atoms with E-state index in [1.54, 1.807) is 23.2 Å². The Morgan fingerprint density at radius 3 is 2.75 bits per heavy atom. The quantitative estimate of drug-likeness (QED) is 0.742. The van der Waals surface area contributed by atoms with E-state index in [4.69, 9.17) is 11.6 Å². The molecule has 0 saturated heterocycles. The molecule has 1 aromatic rings. The van der Waals surface area contributed by atoms with Gasteiger partial charge in [-0.2, -0.15) is 0 Å². The zero-order valence-electron chi connectivity index (χ0n) is 9.69. The highest BCUT2D eigenvalue weighted by Gasteiger charge is 2.18. The molecule has 3 nitrogen and oxygen atoms in total. The van der Waals surface area contributed by atoms with Crippen LogP contribution in [-0.2, 0) is 0 Å². The number of hydrogen-bond acceptors (Lipinski definition) is 2. The Morgan fingerprint density at radius 2 is 2.25 bits per heavy atom. The molecule has 0 unspecified atom stereocenters. The third-order valence-electron chi connectivity index (χ3n) is 2.30. The summed E-state index contributed by atoms with van der Waals surface area (Å²) in [5.74, 6) is 0.541. The van der Waals surface area contributed by atoms with Crippen LogP contribution >= 0.6 is 11.6 Å². The van der Waals surface area contributed by atoms with Crippen molar-refractivity contribution in [1.29, 1.82) is 0 Å². The van der Waals surface area contributed by atoms with E-state index in [0.717, 1.165) is 6.42 Å². The van der Waals surface area contributed by atoms with Gasteiger partial charge in [0.15, 0.2) is 0 Å². The van der Waals surface area contributed by atoms with Crippen molar-refractivity contribution in [3.63, 3.8) is 0 Å². The van der Waals surface area contributed by atoms with Crippen LogP contribution < -0.4 is 0 Å². The molecule has 0 aliphatic rings. The summed E-state index contributed by atoms with van der Waals surface area (Å²) >= 11 is 5.65. The number of carbonyl (C=O) groups excluding carboxylic acids is 1. The zero-order chi connectivity index (χ0) is 12.0. The smallest absolute Gasteiger partial charge is 0.272 e. The molecule has 0 aliphatic heterocycles. The molecule has 88 valence electrons. The number of alkyl halides is 1. The van der Waals surface area contributed by atoms with Crippen LogP contribution in [0.5, 0.6) is 0 Å². The predicted octanol–water partition coefficient (Wildman–Crippen LogP) is 2.56. The van der Waals surface area contributed by atoms with E-state index < -0.39 is 0 Å². The second-order valence-electron chi connectivity index (χ2n) is 3.85. The van der Waals surface area contributed by atoms with Crippen LogP contribution in [0.3, 0.4) is 0 Å². The van der Waals surface area contributed by atoms with Crippen LogP contribution in [0.4, 0.5) is 0 Å². The lowest BCUT2D eigenvalue weighted by Crippen LogP contribution is -2.38. The van der Waals surface area contributed by atoms with Gasteiger partial charge in [-0.1, -0.05) is 6.07 Å². The minimum Gasteiger partial charge on any atom is -0.335 e. The van der Waals surface area contributed by atoms with Crippen molar-refractivity contribution in [1.82, 2.24) is 9.88 Å². The van der Waals surface area contributed by atoms with Crippen LogP contribution in [0, 0.1) is 0 Å². The first-order valence-corrected chi connectivity index (χ1v) is 5.98. The molecule has 0 aromatic carbocycles. The lowest BCUT2D eigenvalue weighted by Gasteiger charge is -2.26. The fraction of sp³-hybridized carbons (Fsp3) is 0.500. The standard InChI is InChI=1S/C12H17ClN2O/c1-10(2)15(9-5-7-13)12(16)11-6-3-4-8-14-11/h3-4,6,8,10H,5,7,9H2,1-2H3. The van der Waals surface area contributed by atoms with E-state index in [1.807, 2.05) is 19.9 Å². The van der Waals surface area contributed by atoms with Crippen molar-refractivity contribution in [3.8, 4) is 0 Å². The molecular weight excluding hydrogens is 224 g/mol. The lowest BCUT2D eigenvalue weighted by molar-refractivity contribution is 0.0700. The molecular formula is C12H17ClN2O. The highest BCUT2D eigenvalue weighted by Crippen LogP contribution is 2.07. The Balaban J connectivity index is 2.75. The van der Waals surface area contributed by atoms with Gasteiger partial charge in [-0.05, 0) is 32.4 Å². The van der Waals surface area contributed by atoms with Crippen LogP contribution in [0.25, 0.3) is 0 Å². The van der Waals surface area contributed by atoms with Gasteiger partial charge in [-0.3, -0.25) is 9.78 Å². The molecule has 4 heteroatoms. The molecule has 0 fully saturated rings. The third kappa shape index (κ3) is 3.49. The summed E-state index contributed by atoms with van der Waals surface area (Å²) < 4.78 is 0. The maximum absolute atomic E-state index is 12.1. The van der Waals surface area contributed by atoms with E-state index in [1.165, 1.54) is 0 Å². The molecule has 0 aliphatic carbocycles. The summed E-state index contributed by atoms with van der Waals surface area (Å²) in [4.78, 5) is 18.0. The van der Waals surface area contributed by atoms with Gasteiger partial charge in [0.25, 0.3) is 5.91 Å². The number of nitrogens with zero attached hydrogens (tertiary/aromatic N) is 2. The van der Waals surface area contributed by atoms with Crippen LogP contribution in [0.2, 0.25) is 0 Å².